The summed E-state index contributed by atoms with van der Waals surface area (Å²) in [6.07, 6.45) is 4.16. The summed E-state index contributed by atoms with van der Waals surface area (Å²) in [6, 6.07) is 1.71. The minimum absolute atomic E-state index is 0. The molecule has 1 aliphatic heterocycles. The summed E-state index contributed by atoms with van der Waals surface area (Å²) in [4.78, 5) is 4.54. The van der Waals surface area contributed by atoms with E-state index < -0.39 is 15.5 Å². The molecule has 29 heavy (non-hydrogen) atoms. The molecule has 0 amide bonds. The quantitative estimate of drug-likeness (QED) is 0.307. The van der Waals surface area contributed by atoms with Crippen LogP contribution in [0.2, 0.25) is 0 Å². The largest absolute Gasteiger partial charge is 0.511 e. The van der Waals surface area contributed by atoms with Crippen LogP contribution in [0.5, 0.6) is 0 Å². The molecule has 1 aromatic rings. The van der Waals surface area contributed by atoms with E-state index in [1.54, 1.807) is 6.20 Å². The monoisotopic (exact) mass is 552 g/mol. The van der Waals surface area contributed by atoms with Gasteiger partial charge in [0.15, 0.2) is 5.96 Å². The van der Waals surface area contributed by atoms with Crippen LogP contribution in [-0.4, -0.2) is 66.2 Å². The van der Waals surface area contributed by atoms with Crippen molar-refractivity contribution in [3.8, 4) is 0 Å². The Hall–Kier alpha value is -1.09. The Morgan fingerprint density at radius 3 is 2.52 bits per heavy atom. The van der Waals surface area contributed by atoms with Crippen LogP contribution < -0.4 is 10.6 Å². The predicted octanol–water partition coefficient (Wildman–Crippen LogP) is 2.01. The Labute approximate surface area is 186 Å². The van der Waals surface area contributed by atoms with Crippen LogP contribution in [0.3, 0.4) is 0 Å². The first-order valence-corrected chi connectivity index (χ1v) is 10.7. The van der Waals surface area contributed by atoms with Gasteiger partial charge in [-0.25, -0.2) is 8.42 Å². The lowest BCUT2D eigenvalue weighted by Crippen LogP contribution is -2.51. The number of nitrogens with one attached hydrogen (secondary N) is 2. The van der Waals surface area contributed by atoms with Crippen LogP contribution in [0.15, 0.2) is 23.5 Å². The first-order valence-electron chi connectivity index (χ1n) is 9.22. The van der Waals surface area contributed by atoms with E-state index in [1.165, 1.54) is 0 Å². The minimum Gasteiger partial charge on any atom is -0.357 e. The first-order chi connectivity index (χ1) is 13.1. The van der Waals surface area contributed by atoms with Gasteiger partial charge in [0, 0.05) is 51.2 Å². The highest BCUT2D eigenvalue weighted by Crippen LogP contribution is 2.28. The lowest BCUT2D eigenvalue weighted by atomic mass is 10.1. The molecule has 0 spiro atoms. The fourth-order valence-electron chi connectivity index (χ4n) is 2.93. The van der Waals surface area contributed by atoms with E-state index in [4.69, 9.17) is 0 Å². The van der Waals surface area contributed by atoms with E-state index in [0.717, 1.165) is 6.54 Å². The van der Waals surface area contributed by atoms with Gasteiger partial charge in [-0.3, -0.25) is 9.67 Å². The maximum absolute atomic E-state index is 12.7. The third kappa shape index (κ3) is 7.59. The lowest BCUT2D eigenvalue weighted by molar-refractivity contribution is -0.0494. The molecule has 1 aliphatic rings. The van der Waals surface area contributed by atoms with E-state index in [-0.39, 0.29) is 61.9 Å². The molecule has 2 heterocycles. The van der Waals surface area contributed by atoms with Gasteiger partial charge in [0.25, 0.3) is 0 Å². The number of alkyl halides is 3. The minimum atomic E-state index is -5.26. The zero-order valence-electron chi connectivity index (χ0n) is 16.4. The van der Waals surface area contributed by atoms with Gasteiger partial charge < -0.3 is 10.6 Å². The summed E-state index contributed by atoms with van der Waals surface area (Å²) < 4.78 is 63.3. The molecule has 0 bridgehead atoms. The average Bonchev–Trinajstić information content (AvgIpc) is 3.12. The fourth-order valence-corrected chi connectivity index (χ4v) is 3.92. The van der Waals surface area contributed by atoms with Crippen LogP contribution >= 0.6 is 24.0 Å². The van der Waals surface area contributed by atoms with Crippen molar-refractivity contribution in [2.24, 2.45) is 10.9 Å². The third-order valence-corrected chi connectivity index (χ3v) is 6.02. The number of hydrogen-bond acceptors (Lipinski definition) is 4. The number of piperidine rings is 1. The number of guanidine groups is 1. The SMILES string of the molecule is CCNC(=NCC(C)Cn1cccn1)NC1CCN(S(=O)(=O)C(F)(F)F)CC1.I. The number of sulfonamides is 1. The molecule has 8 nitrogen and oxygen atoms in total. The molecule has 0 radical (unpaired) electrons. The molecule has 13 heteroatoms. The van der Waals surface area contributed by atoms with Gasteiger partial charge in [-0.2, -0.15) is 22.6 Å². The molecule has 1 unspecified atom stereocenters. The maximum atomic E-state index is 12.7. The van der Waals surface area contributed by atoms with Gasteiger partial charge in [0.05, 0.1) is 0 Å². The van der Waals surface area contributed by atoms with Crippen molar-refractivity contribution in [2.45, 2.75) is 44.8 Å². The van der Waals surface area contributed by atoms with Gasteiger partial charge in [-0.05, 0) is 31.7 Å². The van der Waals surface area contributed by atoms with Crippen LogP contribution in [0.25, 0.3) is 0 Å². The molecule has 0 aromatic carbocycles. The second-order valence-electron chi connectivity index (χ2n) is 6.82. The zero-order valence-corrected chi connectivity index (χ0v) is 19.5. The van der Waals surface area contributed by atoms with Gasteiger partial charge in [0.1, 0.15) is 0 Å². The molecule has 0 aliphatic carbocycles. The van der Waals surface area contributed by atoms with Crippen LogP contribution in [0.1, 0.15) is 26.7 Å². The van der Waals surface area contributed by atoms with Crippen molar-refractivity contribution < 1.29 is 21.6 Å². The highest BCUT2D eigenvalue weighted by atomic mass is 127. The van der Waals surface area contributed by atoms with E-state index in [2.05, 4.69) is 27.6 Å². The van der Waals surface area contributed by atoms with Gasteiger partial charge in [0.2, 0.25) is 0 Å². The fraction of sp³-hybridized carbons (Fsp3) is 0.750. The van der Waals surface area contributed by atoms with Crippen LogP contribution in [0, 0.1) is 5.92 Å². The number of aliphatic imine (C=N–C) groups is 1. The highest BCUT2D eigenvalue weighted by Gasteiger charge is 2.50. The number of nitrogens with zero attached hydrogens (tertiary/aromatic N) is 4. The van der Waals surface area contributed by atoms with Gasteiger partial charge in [-0.15, -0.1) is 24.0 Å². The molecule has 1 atom stereocenters. The molecule has 2 rings (SSSR count). The zero-order chi connectivity index (χ0) is 20.8. The van der Waals surface area contributed by atoms with Crippen molar-refractivity contribution in [3.63, 3.8) is 0 Å². The topological polar surface area (TPSA) is 91.6 Å². The summed E-state index contributed by atoms with van der Waals surface area (Å²) >= 11 is 0. The molecular weight excluding hydrogens is 524 g/mol. The third-order valence-electron chi connectivity index (χ3n) is 4.39. The summed E-state index contributed by atoms with van der Waals surface area (Å²) in [5, 5.41) is 10.5. The standard InChI is InChI=1S/C16H27F3N6O2S.HI/c1-3-20-15(21-11-13(2)12-24-8-4-7-22-24)23-14-5-9-25(10-6-14)28(26,27)16(17,18)19;/h4,7-8,13-14H,3,5-6,9-12H2,1-2H3,(H2,20,21,23);1H. The van der Waals surface area contributed by atoms with Crippen LogP contribution in [-0.2, 0) is 16.6 Å². The van der Waals surface area contributed by atoms with Crippen molar-refractivity contribution >= 4 is 40.0 Å². The highest BCUT2D eigenvalue weighted by molar-refractivity contribution is 14.0. The van der Waals surface area contributed by atoms with Crippen molar-refractivity contribution in [2.75, 3.05) is 26.2 Å². The summed E-state index contributed by atoms with van der Waals surface area (Å²) in [5.74, 6) is 0.820. The van der Waals surface area contributed by atoms with Crippen molar-refractivity contribution in [3.05, 3.63) is 18.5 Å². The molecule has 0 saturated carbocycles. The smallest absolute Gasteiger partial charge is 0.357 e. The molecule has 1 aromatic heterocycles. The normalized spacial score (nSPS) is 18.2. The van der Waals surface area contributed by atoms with Crippen molar-refractivity contribution in [1.29, 1.82) is 0 Å². The molecule has 1 saturated heterocycles. The average molecular weight is 552 g/mol. The Kier molecular flexibility index (Phi) is 10.1. The Morgan fingerprint density at radius 1 is 1.34 bits per heavy atom. The van der Waals surface area contributed by atoms with Crippen LogP contribution in [0.4, 0.5) is 13.2 Å². The van der Waals surface area contributed by atoms with Gasteiger partial charge in [-0.1, -0.05) is 6.92 Å². The number of aromatic nitrogens is 2. The Morgan fingerprint density at radius 2 is 2.00 bits per heavy atom. The molecule has 1 fully saturated rings. The first kappa shape index (κ1) is 25.9. The molecule has 2 N–H and O–H groups in total. The van der Waals surface area contributed by atoms with E-state index >= 15 is 0 Å². The van der Waals surface area contributed by atoms with E-state index in [1.807, 2.05) is 23.9 Å². The maximum Gasteiger partial charge on any atom is 0.511 e. The van der Waals surface area contributed by atoms with E-state index in [9.17, 15) is 21.6 Å². The summed E-state index contributed by atoms with van der Waals surface area (Å²) in [7, 11) is -5.26. The second-order valence-corrected chi connectivity index (χ2v) is 8.75. The molecule has 168 valence electrons. The summed E-state index contributed by atoms with van der Waals surface area (Å²) in [5.41, 5.74) is -5.26. The molecular formula is C16H28F3IN6O2S. The summed E-state index contributed by atoms with van der Waals surface area (Å²) in [6.45, 7) is 5.54. The Balaban J connectivity index is 0.00000420. The number of halogens is 4. The van der Waals surface area contributed by atoms with Gasteiger partial charge >= 0.3 is 15.5 Å². The van der Waals surface area contributed by atoms with Crippen molar-refractivity contribution in [1.82, 2.24) is 24.7 Å². The van der Waals surface area contributed by atoms with E-state index in [0.29, 0.717) is 23.4 Å². The second kappa shape index (κ2) is 11.3. The number of rotatable bonds is 7. The predicted molar refractivity (Wildman–Crippen MR) is 115 cm³/mol. The Bertz CT molecular complexity index is 734. The number of hydrogen-bond donors (Lipinski definition) is 2. The lowest BCUT2D eigenvalue weighted by Gasteiger charge is -2.32.